The third-order valence-electron chi connectivity index (χ3n) is 4.47. The third-order valence-corrected chi connectivity index (χ3v) is 6.64. The monoisotopic (exact) mass is 544 g/mol. The molecule has 7 nitrogen and oxygen atoms in total. The maximum Gasteiger partial charge on any atom is 0.422 e. The van der Waals surface area contributed by atoms with Crippen molar-refractivity contribution in [1.82, 2.24) is 4.31 Å². The second-order valence-electron chi connectivity index (χ2n) is 7.14. The Kier molecular flexibility index (Phi) is 9.53. The number of alkyl halides is 3. The molecule has 0 radical (unpaired) electrons. The van der Waals surface area contributed by atoms with Crippen molar-refractivity contribution in [2.45, 2.75) is 23.1 Å². The normalized spacial score (nSPS) is 19.1. The van der Waals surface area contributed by atoms with E-state index in [1.807, 2.05) is 0 Å². The minimum absolute atomic E-state index is 0.162. The molecule has 0 aromatic heterocycles. The van der Waals surface area contributed by atoms with E-state index in [0.29, 0.717) is 40.0 Å². The van der Waals surface area contributed by atoms with E-state index in [-0.39, 0.29) is 13.2 Å². The first-order valence-electron chi connectivity index (χ1n) is 9.36. The van der Waals surface area contributed by atoms with E-state index in [4.69, 9.17) is 38.7 Å². The molecular weight excluding hydrogens is 527 g/mol. The van der Waals surface area contributed by atoms with Crippen LogP contribution in [0.2, 0.25) is 10.0 Å². The Balaban J connectivity index is 0.000000242. The quantitative estimate of drug-likeness (QED) is 0.493. The second kappa shape index (κ2) is 11.5. The summed E-state index contributed by atoms with van der Waals surface area (Å²) in [6.45, 7) is -1.36. The first kappa shape index (κ1) is 28.1. The molecule has 3 N–H and O–H groups in total. The third kappa shape index (κ3) is 7.69. The molecule has 1 heterocycles. The average molecular weight is 545 g/mol. The van der Waals surface area contributed by atoms with Crippen molar-refractivity contribution in [2.24, 2.45) is 0 Å². The van der Waals surface area contributed by atoms with Crippen LogP contribution in [0.5, 0.6) is 11.5 Å². The molecule has 2 atom stereocenters. The lowest BCUT2D eigenvalue weighted by Crippen LogP contribution is -2.37. The smallest absolute Gasteiger partial charge is 0.422 e. The van der Waals surface area contributed by atoms with Gasteiger partial charge in [0.2, 0.25) is 0 Å². The number of hydrogen-bond acceptors (Lipinski definition) is 6. The summed E-state index contributed by atoms with van der Waals surface area (Å²) in [7, 11) is -1.46. The van der Waals surface area contributed by atoms with Crippen LogP contribution in [0.15, 0.2) is 35.2 Å². The number of aromatic hydroxyl groups is 1. The van der Waals surface area contributed by atoms with Crippen molar-refractivity contribution in [3.63, 3.8) is 0 Å². The van der Waals surface area contributed by atoms with Crippen molar-refractivity contribution in [3.8, 4) is 17.6 Å². The first-order valence-corrected chi connectivity index (χ1v) is 11.2. The average Bonchev–Trinajstić information content (AvgIpc) is 3.15. The summed E-state index contributed by atoms with van der Waals surface area (Å²) in [5, 5.41) is 37.3. The van der Waals surface area contributed by atoms with Gasteiger partial charge in [-0.25, -0.2) is 12.9 Å². The van der Waals surface area contributed by atoms with Crippen molar-refractivity contribution >= 4 is 34.2 Å². The summed E-state index contributed by atoms with van der Waals surface area (Å²) in [6, 6.07) is 7.40. The van der Waals surface area contributed by atoms with Crippen LogP contribution >= 0.6 is 23.2 Å². The number of benzene rings is 2. The van der Waals surface area contributed by atoms with Crippen LogP contribution in [0.4, 0.5) is 17.6 Å². The molecule has 1 fully saturated rings. The van der Waals surface area contributed by atoms with Crippen molar-refractivity contribution in [3.05, 3.63) is 51.8 Å². The number of aliphatic hydroxyl groups excluding tert-OH is 1. The summed E-state index contributed by atoms with van der Waals surface area (Å²) in [4.78, 5) is 0.461. The Labute approximate surface area is 204 Å². The van der Waals surface area contributed by atoms with Gasteiger partial charge in [-0.2, -0.15) is 18.4 Å². The van der Waals surface area contributed by atoms with Gasteiger partial charge >= 0.3 is 6.18 Å². The van der Waals surface area contributed by atoms with Gasteiger partial charge in [0, 0.05) is 30.2 Å². The maximum atomic E-state index is 12.8. The fourth-order valence-corrected chi connectivity index (χ4v) is 4.66. The summed E-state index contributed by atoms with van der Waals surface area (Å²) in [6.07, 6.45) is -4.19. The van der Waals surface area contributed by atoms with Gasteiger partial charge < -0.3 is 20.1 Å². The molecule has 2 aromatic carbocycles. The molecule has 2 unspecified atom stereocenters. The van der Waals surface area contributed by atoms with Crippen LogP contribution in [0.3, 0.4) is 0 Å². The fraction of sp³-hybridized carbons (Fsp3) is 0.350. The number of ether oxygens (including phenoxy) is 1. The largest absolute Gasteiger partial charge is 0.504 e. The predicted molar refractivity (Wildman–Crippen MR) is 115 cm³/mol. The Bertz CT molecular complexity index is 1100. The minimum atomic E-state index is -4.58. The van der Waals surface area contributed by atoms with Gasteiger partial charge in [0.05, 0.1) is 22.1 Å². The Morgan fingerprint density at radius 2 is 1.94 bits per heavy atom. The zero-order valence-corrected chi connectivity index (χ0v) is 19.5. The Morgan fingerprint density at radius 3 is 2.47 bits per heavy atom. The predicted octanol–water partition coefficient (Wildman–Crippen LogP) is 3.79. The van der Waals surface area contributed by atoms with Crippen LogP contribution in [0.1, 0.15) is 12.0 Å². The zero-order valence-electron chi connectivity index (χ0n) is 17.2. The molecule has 0 saturated carbocycles. The molecule has 186 valence electrons. The Hall–Kier alpha value is -2.14. The molecule has 1 aliphatic heterocycles. The van der Waals surface area contributed by atoms with E-state index in [1.165, 1.54) is 12.1 Å². The second-order valence-corrected chi connectivity index (χ2v) is 9.43. The number of nitriles is 1. The molecule has 0 spiro atoms. The van der Waals surface area contributed by atoms with Gasteiger partial charge in [0.1, 0.15) is 28.5 Å². The standard InChI is InChI=1S/C11H13Cl2NO3S.C9H5F4NO2/c12-8-1-2-10(9(13)5-8)18(17)14-4-3-11(16,6-14)7-15;10-6-2-7(15)8(1-5(6)3-14)16-4-9(11,12)13/h1-2,5,15-16H,3-4,6-7H2;1-2,15H,4H2. The van der Waals surface area contributed by atoms with Crippen LogP contribution in [-0.4, -0.2) is 61.9 Å². The van der Waals surface area contributed by atoms with Crippen LogP contribution in [0.25, 0.3) is 0 Å². The van der Waals surface area contributed by atoms with E-state index < -0.39 is 52.2 Å². The van der Waals surface area contributed by atoms with Crippen LogP contribution < -0.4 is 4.74 Å². The van der Waals surface area contributed by atoms with Gasteiger partial charge in [-0.05, 0) is 24.6 Å². The first-order chi connectivity index (χ1) is 15.8. The molecule has 0 bridgehead atoms. The van der Waals surface area contributed by atoms with E-state index in [1.54, 1.807) is 16.4 Å². The molecule has 34 heavy (non-hydrogen) atoms. The van der Waals surface area contributed by atoms with Crippen molar-refractivity contribution in [1.29, 1.82) is 5.26 Å². The molecule has 0 aliphatic carbocycles. The summed E-state index contributed by atoms with van der Waals surface area (Å²) < 4.78 is 66.3. The summed E-state index contributed by atoms with van der Waals surface area (Å²) in [5.41, 5.74) is -1.68. The van der Waals surface area contributed by atoms with Crippen LogP contribution in [-0.2, 0) is 11.0 Å². The van der Waals surface area contributed by atoms with Gasteiger partial charge in [-0.1, -0.05) is 23.2 Å². The van der Waals surface area contributed by atoms with E-state index in [9.17, 15) is 26.9 Å². The maximum absolute atomic E-state index is 12.8. The summed E-state index contributed by atoms with van der Waals surface area (Å²) >= 11 is 11.8. The van der Waals surface area contributed by atoms with Gasteiger partial charge in [-0.3, -0.25) is 0 Å². The van der Waals surface area contributed by atoms with Crippen molar-refractivity contribution in [2.75, 3.05) is 26.3 Å². The number of halogens is 6. The Morgan fingerprint density at radius 1 is 1.26 bits per heavy atom. The molecule has 2 aromatic rings. The highest BCUT2D eigenvalue weighted by molar-refractivity contribution is 7.82. The highest BCUT2D eigenvalue weighted by Gasteiger charge is 2.38. The van der Waals surface area contributed by atoms with Crippen molar-refractivity contribution < 1.29 is 41.8 Å². The number of phenols is 1. The zero-order chi connectivity index (χ0) is 25.7. The lowest BCUT2D eigenvalue weighted by Gasteiger charge is -2.20. The van der Waals surface area contributed by atoms with Gasteiger partial charge in [0.15, 0.2) is 18.1 Å². The lowest BCUT2D eigenvalue weighted by molar-refractivity contribution is -0.153. The lowest BCUT2D eigenvalue weighted by atomic mass is 10.1. The number of nitrogens with zero attached hydrogens (tertiary/aromatic N) is 2. The molecule has 3 rings (SSSR count). The number of rotatable bonds is 5. The SMILES string of the molecule is N#Cc1cc(OCC(F)(F)F)c(O)cc1F.O=S(c1ccc(Cl)cc1Cl)N1CCC(O)(CO)C1. The van der Waals surface area contributed by atoms with E-state index in [0.717, 1.165) is 0 Å². The fourth-order valence-electron chi connectivity index (χ4n) is 2.75. The molecule has 1 saturated heterocycles. The number of phenolic OH excluding ortho intramolecular Hbond substituents is 1. The number of hydrogen-bond donors (Lipinski definition) is 3. The van der Waals surface area contributed by atoms with E-state index >= 15 is 0 Å². The van der Waals surface area contributed by atoms with Gasteiger partial charge in [-0.15, -0.1) is 0 Å². The molecular formula is C20H18Cl2F4N2O5S. The highest BCUT2D eigenvalue weighted by Crippen LogP contribution is 2.31. The number of β-amino-alcohol motifs (C(OH)–C–C–N with tert-alkyl or cyclic N) is 1. The molecule has 1 aliphatic rings. The van der Waals surface area contributed by atoms with Gasteiger partial charge in [0.25, 0.3) is 0 Å². The highest BCUT2D eigenvalue weighted by atomic mass is 35.5. The van der Waals surface area contributed by atoms with E-state index in [2.05, 4.69) is 4.74 Å². The summed E-state index contributed by atoms with van der Waals surface area (Å²) in [5.74, 6) is -2.41. The molecule has 14 heteroatoms. The number of aliphatic hydroxyl groups is 2. The van der Waals surface area contributed by atoms with Crippen LogP contribution in [0, 0.1) is 17.1 Å². The molecule has 0 amide bonds. The topological polar surface area (TPSA) is 114 Å². The minimum Gasteiger partial charge on any atom is -0.504 e.